The van der Waals surface area contributed by atoms with Crippen molar-refractivity contribution in [1.29, 1.82) is 5.26 Å². The van der Waals surface area contributed by atoms with E-state index in [-0.39, 0.29) is 36.5 Å². The van der Waals surface area contributed by atoms with Crippen LogP contribution in [0.4, 0.5) is 0 Å². The Morgan fingerprint density at radius 2 is 1.88 bits per heavy atom. The first-order valence-corrected chi connectivity index (χ1v) is 14.5. The zero-order valence-corrected chi connectivity index (χ0v) is 24.6. The number of fused-ring (bicyclic) bond motifs is 1. The summed E-state index contributed by atoms with van der Waals surface area (Å²) in [5.74, 6) is 0.259. The summed E-state index contributed by atoms with van der Waals surface area (Å²) in [6.07, 6.45) is 9.52. The Balaban J connectivity index is 0.000000259. The van der Waals surface area contributed by atoms with E-state index in [0.29, 0.717) is 12.7 Å². The van der Waals surface area contributed by atoms with Crippen molar-refractivity contribution < 1.29 is 19.2 Å². The number of aromatic nitrogens is 2. The summed E-state index contributed by atoms with van der Waals surface area (Å²) in [4.78, 5) is 54.4. The Bertz CT molecular complexity index is 1400. The predicted octanol–water partition coefficient (Wildman–Crippen LogP) is 2.33. The molecule has 2 fully saturated rings. The molecule has 2 aliphatic rings. The fourth-order valence-corrected chi connectivity index (χ4v) is 4.37. The molecule has 5 rings (SSSR count). The zero-order chi connectivity index (χ0) is 31.0. The van der Waals surface area contributed by atoms with Crippen LogP contribution in [0.25, 0.3) is 10.8 Å². The minimum atomic E-state index is -0.856. The zero-order valence-electron chi connectivity index (χ0n) is 24.6. The molecule has 3 atom stereocenters. The maximum absolute atomic E-state index is 12.5. The van der Waals surface area contributed by atoms with Gasteiger partial charge >= 0.3 is 0 Å². The lowest BCUT2D eigenvalue weighted by atomic mass is 9.98. The van der Waals surface area contributed by atoms with Gasteiger partial charge in [0, 0.05) is 31.3 Å². The van der Waals surface area contributed by atoms with Gasteiger partial charge in [0.25, 0.3) is 5.91 Å². The van der Waals surface area contributed by atoms with Crippen molar-refractivity contribution in [2.45, 2.75) is 51.1 Å². The smallest absolute Gasteiger partial charge is 0.272 e. The largest absolute Gasteiger partial charge is 0.356 e. The number of aldehydes is 1. The molecule has 0 radical (unpaired) electrons. The highest BCUT2D eigenvalue weighted by Crippen LogP contribution is 2.26. The van der Waals surface area contributed by atoms with Crippen molar-refractivity contribution in [3.05, 3.63) is 72.3 Å². The monoisotopic (exact) mass is 585 g/mol. The molecule has 1 aliphatic heterocycles. The van der Waals surface area contributed by atoms with Crippen molar-refractivity contribution >= 4 is 34.8 Å². The second kappa shape index (κ2) is 17.3. The number of nitriles is 1. The Kier molecular flexibility index (Phi) is 13.2. The van der Waals surface area contributed by atoms with Crippen LogP contribution in [0.1, 0.15) is 48.7 Å². The van der Waals surface area contributed by atoms with Gasteiger partial charge < -0.3 is 26.1 Å². The third-order valence-corrected chi connectivity index (χ3v) is 7.13. The summed E-state index contributed by atoms with van der Waals surface area (Å²) in [5.41, 5.74) is 1.03. The van der Waals surface area contributed by atoms with Gasteiger partial charge in [-0.25, -0.2) is 4.98 Å². The third-order valence-electron chi connectivity index (χ3n) is 7.13. The minimum Gasteiger partial charge on any atom is -0.356 e. The van der Waals surface area contributed by atoms with Crippen LogP contribution in [0.2, 0.25) is 0 Å². The van der Waals surface area contributed by atoms with Crippen molar-refractivity contribution in [3.63, 3.8) is 0 Å². The number of hydrogen-bond donors (Lipinski definition) is 4. The molecule has 3 unspecified atom stereocenters. The molecule has 1 saturated heterocycles. The molecule has 43 heavy (non-hydrogen) atoms. The number of nitrogens with zero attached hydrogens (tertiary/aromatic N) is 3. The molecule has 1 saturated carbocycles. The van der Waals surface area contributed by atoms with Crippen LogP contribution in [-0.2, 0) is 20.8 Å². The Hall–Kier alpha value is -4.69. The lowest BCUT2D eigenvalue weighted by molar-refractivity contribution is -0.124. The molecule has 1 aliphatic carbocycles. The van der Waals surface area contributed by atoms with Gasteiger partial charge in [-0.1, -0.05) is 62.2 Å². The van der Waals surface area contributed by atoms with Gasteiger partial charge in [0.1, 0.15) is 18.0 Å². The molecule has 11 heteroatoms. The summed E-state index contributed by atoms with van der Waals surface area (Å²) >= 11 is 0. The number of carbonyl (C=O) groups excluding carboxylic acids is 4. The van der Waals surface area contributed by atoms with Crippen LogP contribution in [-0.4, -0.2) is 66.2 Å². The molecule has 11 nitrogen and oxygen atoms in total. The van der Waals surface area contributed by atoms with Crippen molar-refractivity contribution in [1.82, 2.24) is 31.2 Å². The first-order valence-electron chi connectivity index (χ1n) is 14.5. The van der Waals surface area contributed by atoms with Crippen LogP contribution >= 0.6 is 0 Å². The lowest BCUT2D eigenvalue weighted by Gasteiger charge is -2.18. The molecule has 226 valence electrons. The SMILES string of the molecule is CC1CC1.CNC(C#N)CC1CCNC1=O.O=CCNC(=O)C(Cc1cccc2ccccc12)NC(=O)c1cnccn1. The first kappa shape index (κ1) is 32.8. The highest BCUT2D eigenvalue weighted by atomic mass is 16.2. The van der Waals surface area contributed by atoms with Gasteiger partial charge in [0.05, 0.1) is 24.9 Å². The molecule has 2 heterocycles. The number of rotatable bonds is 10. The number of nitrogens with one attached hydrogen (secondary N) is 4. The van der Waals surface area contributed by atoms with Crippen LogP contribution < -0.4 is 21.3 Å². The fraction of sp³-hybridized carbons (Fsp3) is 0.406. The van der Waals surface area contributed by atoms with Crippen LogP contribution in [0, 0.1) is 23.2 Å². The second-order valence-electron chi connectivity index (χ2n) is 10.5. The minimum absolute atomic E-state index is 0.0297. The summed E-state index contributed by atoms with van der Waals surface area (Å²) in [7, 11) is 1.74. The van der Waals surface area contributed by atoms with Crippen LogP contribution in [0.3, 0.4) is 0 Å². The third kappa shape index (κ3) is 10.9. The molecule has 2 aromatic carbocycles. The Morgan fingerprint density at radius 1 is 1.14 bits per heavy atom. The van der Waals surface area contributed by atoms with E-state index in [9.17, 15) is 19.2 Å². The number of benzene rings is 2. The molecular weight excluding hydrogens is 546 g/mol. The van der Waals surface area contributed by atoms with Crippen molar-refractivity contribution in [3.8, 4) is 6.07 Å². The Labute approximate surface area is 251 Å². The number of carbonyl (C=O) groups is 4. The predicted molar refractivity (Wildman–Crippen MR) is 163 cm³/mol. The standard InChI is InChI=1S/C20H18N4O3.C8H13N3O.C4H8/c25-11-10-23-19(26)17(24-20(27)18-13-21-8-9-22-18)12-15-6-3-5-14-4-1-2-7-16(14)15;1-10-7(5-9)4-6-2-3-11-8(6)12;1-4-2-3-4/h1-9,11,13,17H,10,12H2,(H,23,26)(H,24,27);6-7,10H,2-4H2,1H3,(H,11,12);4H,2-3H2,1H3. The topological polar surface area (TPSA) is 166 Å². The van der Waals surface area contributed by atoms with Gasteiger partial charge in [0.15, 0.2) is 0 Å². The molecule has 3 amide bonds. The van der Waals surface area contributed by atoms with Gasteiger partial charge in [-0.2, -0.15) is 5.26 Å². The van der Waals surface area contributed by atoms with Gasteiger partial charge in [-0.05, 0) is 42.1 Å². The van der Waals surface area contributed by atoms with Crippen LogP contribution in [0.5, 0.6) is 0 Å². The molecule has 0 bridgehead atoms. The lowest BCUT2D eigenvalue weighted by Crippen LogP contribution is -2.48. The average molecular weight is 586 g/mol. The van der Waals surface area contributed by atoms with E-state index < -0.39 is 17.9 Å². The summed E-state index contributed by atoms with van der Waals surface area (Å²) in [6.45, 7) is 2.91. The van der Waals surface area contributed by atoms with Gasteiger partial charge in [-0.3, -0.25) is 19.4 Å². The quantitative estimate of drug-likeness (QED) is 0.263. The fourth-order valence-electron chi connectivity index (χ4n) is 4.37. The normalized spacial score (nSPS) is 16.6. The maximum Gasteiger partial charge on any atom is 0.272 e. The van der Waals surface area contributed by atoms with E-state index >= 15 is 0 Å². The van der Waals surface area contributed by atoms with E-state index in [1.165, 1.54) is 31.4 Å². The molecule has 4 N–H and O–H groups in total. The van der Waals surface area contributed by atoms with E-state index in [2.05, 4.69) is 44.2 Å². The summed E-state index contributed by atoms with van der Waals surface area (Å²) < 4.78 is 0. The number of hydrogen-bond acceptors (Lipinski definition) is 8. The van der Waals surface area contributed by atoms with E-state index in [1.54, 1.807) is 7.05 Å². The van der Waals surface area contributed by atoms with E-state index in [4.69, 9.17) is 5.26 Å². The van der Waals surface area contributed by atoms with E-state index in [0.717, 1.165) is 35.2 Å². The van der Waals surface area contributed by atoms with E-state index in [1.807, 2.05) is 42.5 Å². The van der Waals surface area contributed by atoms with Crippen molar-refractivity contribution in [2.75, 3.05) is 20.1 Å². The van der Waals surface area contributed by atoms with Crippen molar-refractivity contribution in [2.24, 2.45) is 11.8 Å². The molecule has 3 aromatic rings. The first-order chi connectivity index (χ1) is 20.9. The Morgan fingerprint density at radius 3 is 2.49 bits per heavy atom. The van der Waals surface area contributed by atoms with Gasteiger partial charge in [-0.15, -0.1) is 0 Å². The molecule has 0 spiro atoms. The van der Waals surface area contributed by atoms with Crippen LogP contribution in [0.15, 0.2) is 61.1 Å². The van der Waals surface area contributed by atoms with Gasteiger partial charge in [0.2, 0.25) is 11.8 Å². The molecular formula is C32H39N7O4. The maximum atomic E-state index is 12.5. The molecule has 1 aromatic heterocycles. The second-order valence-corrected chi connectivity index (χ2v) is 10.5. The summed E-state index contributed by atoms with van der Waals surface area (Å²) in [6, 6.07) is 14.7. The number of amides is 3. The summed E-state index contributed by atoms with van der Waals surface area (Å²) in [5, 5.41) is 21.5. The highest BCUT2D eigenvalue weighted by molar-refractivity contribution is 5.96. The average Bonchev–Trinajstić information content (AvgIpc) is 3.73. The highest BCUT2D eigenvalue weighted by Gasteiger charge is 2.26.